The second kappa shape index (κ2) is 5.79. The highest BCUT2D eigenvalue weighted by Gasteiger charge is 2.12. The number of rotatable bonds is 1. The largest absolute Gasteiger partial charge is 0.332 e. The van der Waals surface area contributed by atoms with Gasteiger partial charge in [-0.15, -0.1) is 0 Å². The van der Waals surface area contributed by atoms with E-state index in [-0.39, 0.29) is 0 Å². The molecule has 0 spiro atoms. The van der Waals surface area contributed by atoms with Gasteiger partial charge < -0.3 is 5.32 Å². The van der Waals surface area contributed by atoms with Crippen molar-refractivity contribution >= 4 is 45.6 Å². The standard InChI is InChI=1S/C11H14IN3S/c12-9-3-5-10(6-4-9)14-11(16)15-8-2-1-7-13-15/h3-6,13H,1-2,7-8H2,(H,14,16). The van der Waals surface area contributed by atoms with Gasteiger partial charge in [-0.2, -0.15) is 0 Å². The van der Waals surface area contributed by atoms with Gasteiger partial charge in [0.2, 0.25) is 0 Å². The number of thiocarbonyl (C=S) groups is 1. The molecule has 0 amide bonds. The number of nitrogens with one attached hydrogen (secondary N) is 2. The number of benzene rings is 1. The lowest BCUT2D eigenvalue weighted by Gasteiger charge is -2.30. The average Bonchev–Trinajstić information content (AvgIpc) is 2.33. The molecule has 1 aliphatic rings. The van der Waals surface area contributed by atoms with Crippen molar-refractivity contribution in [2.24, 2.45) is 0 Å². The van der Waals surface area contributed by atoms with Gasteiger partial charge in [0.1, 0.15) is 0 Å². The third kappa shape index (κ3) is 3.29. The van der Waals surface area contributed by atoms with Gasteiger partial charge in [0.25, 0.3) is 0 Å². The molecule has 0 atom stereocenters. The first kappa shape index (κ1) is 12.1. The highest BCUT2D eigenvalue weighted by atomic mass is 127. The SMILES string of the molecule is S=C(Nc1ccc(I)cc1)N1CCCCN1. The van der Waals surface area contributed by atoms with Gasteiger partial charge in [-0.3, -0.25) is 5.01 Å². The predicted molar refractivity (Wildman–Crippen MR) is 79.3 cm³/mol. The van der Waals surface area contributed by atoms with Crippen LogP contribution >= 0.6 is 34.8 Å². The van der Waals surface area contributed by atoms with Crippen LogP contribution in [0.1, 0.15) is 12.8 Å². The van der Waals surface area contributed by atoms with Crippen molar-refractivity contribution in [2.45, 2.75) is 12.8 Å². The van der Waals surface area contributed by atoms with E-state index in [1.165, 1.54) is 16.4 Å². The number of anilines is 1. The zero-order chi connectivity index (χ0) is 11.4. The zero-order valence-corrected chi connectivity index (χ0v) is 11.8. The first-order valence-corrected chi connectivity index (χ1v) is 6.82. The lowest BCUT2D eigenvalue weighted by atomic mass is 10.3. The van der Waals surface area contributed by atoms with Crippen molar-refractivity contribution < 1.29 is 0 Å². The van der Waals surface area contributed by atoms with Crippen molar-refractivity contribution in [3.8, 4) is 0 Å². The molecule has 16 heavy (non-hydrogen) atoms. The van der Waals surface area contributed by atoms with Crippen LogP contribution in [0, 0.1) is 3.57 Å². The van der Waals surface area contributed by atoms with E-state index in [1.807, 2.05) is 17.1 Å². The second-order valence-corrected chi connectivity index (χ2v) is 5.34. The lowest BCUT2D eigenvalue weighted by Crippen LogP contribution is -2.48. The molecule has 0 aromatic heterocycles. The van der Waals surface area contributed by atoms with E-state index in [1.54, 1.807) is 0 Å². The van der Waals surface area contributed by atoms with Crippen molar-refractivity contribution in [3.05, 3.63) is 27.8 Å². The predicted octanol–water partition coefficient (Wildman–Crippen LogP) is 2.59. The third-order valence-electron chi connectivity index (χ3n) is 2.45. The van der Waals surface area contributed by atoms with Crippen molar-refractivity contribution in [1.29, 1.82) is 0 Å². The van der Waals surface area contributed by atoms with Crippen LogP contribution in [0.5, 0.6) is 0 Å². The van der Waals surface area contributed by atoms with Crippen LogP contribution < -0.4 is 10.7 Å². The van der Waals surface area contributed by atoms with E-state index in [0.717, 1.165) is 23.9 Å². The van der Waals surface area contributed by atoms with E-state index in [2.05, 4.69) is 45.5 Å². The molecule has 1 fully saturated rings. The molecule has 0 bridgehead atoms. The molecule has 0 saturated carbocycles. The van der Waals surface area contributed by atoms with Crippen molar-refractivity contribution in [3.63, 3.8) is 0 Å². The first-order chi connectivity index (χ1) is 7.75. The average molecular weight is 347 g/mol. The molecular weight excluding hydrogens is 333 g/mol. The Morgan fingerprint density at radius 3 is 2.69 bits per heavy atom. The molecule has 0 unspecified atom stereocenters. The van der Waals surface area contributed by atoms with Gasteiger partial charge in [-0.1, -0.05) is 0 Å². The Kier molecular flexibility index (Phi) is 4.37. The maximum absolute atomic E-state index is 5.34. The maximum atomic E-state index is 5.34. The number of nitrogens with zero attached hydrogens (tertiary/aromatic N) is 1. The molecule has 3 nitrogen and oxygen atoms in total. The number of hydrogen-bond acceptors (Lipinski definition) is 2. The summed E-state index contributed by atoms with van der Waals surface area (Å²) in [6.07, 6.45) is 2.42. The summed E-state index contributed by atoms with van der Waals surface area (Å²) in [5.41, 5.74) is 4.32. The second-order valence-electron chi connectivity index (χ2n) is 3.70. The molecule has 1 aromatic rings. The van der Waals surface area contributed by atoms with E-state index in [4.69, 9.17) is 12.2 Å². The minimum Gasteiger partial charge on any atom is -0.332 e. The summed E-state index contributed by atoms with van der Waals surface area (Å²) >= 11 is 7.63. The highest BCUT2D eigenvalue weighted by molar-refractivity contribution is 14.1. The van der Waals surface area contributed by atoms with Gasteiger partial charge in [-0.05, 0) is 71.9 Å². The van der Waals surface area contributed by atoms with Crippen molar-refractivity contribution in [1.82, 2.24) is 10.4 Å². The summed E-state index contributed by atoms with van der Waals surface area (Å²) in [5, 5.41) is 5.99. The molecule has 5 heteroatoms. The Bertz CT molecular complexity index is 360. The molecule has 1 saturated heterocycles. The molecule has 86 valence electrons. The summed E-state index contributed by atoms with van der Waals surface area (Å²) in [6, 6.07) is 8.21. The highest BCUT2D eigenvalue weighted by Crippen LogP contribution is 2.12. The van der Waals surface area contributed by atoms with Crippen LogP contribution in [0.25, 0.3) is 0 Å². The molecular formula is C11H14IN3S. The van der Waals surface area contributed by atoms with E-state index < -0.39 is 0 Å². The minimum atomic E-state index is 0.751. The van der Waals surface area contributed by atoms with Gasteiger partial charge in [0.15, 0.2) is 5.11 Å². The maximum Gasteiger partial charge on any atom is 0.187 e. The van der Waals surface area contributed by atoms with E-state index in [0.29, 0.717) is 0 Å². The van der Waals surface area contributed by atoms with Crippen LogP contribution in [-0.2, 0) is 0 Å². The van der Waals surface area contributed by atoms with Crippen LogP contribution in [0.15, 0.2) is 24.3 Å². The molecule has 1 aromatic carbocycles. The molecule has 1 aliphatic heterocycles. The van der Waals surface area contributed by atoms with Gasteiger partial charge in [0, 0.05) is 22.3 Å². The third-order valence-corrected chi connectivity index (χ3v) is 3.49. The first-order valence-electron chi connectivity index (χ1n) is 5.33. The fourth-order valence-electron chi connectivity index (χ4n) is 1.59. The fourth-order valence-corrected chi connectivity index (χ4v) is 2.22. The molecule has 0 aliphatic carbocycles. The van der Waals surface area contributed by atoms with E-state index >= 15 is 0 Å². The molecule has 2 rings (SSSR count). The van der Waals surface area contributed by atoms with Crippen LogP contribution in [0.4, 0.5) is 5.69 Å². The monoisotopic (exact) mass is 347 g/mol. The quantitative estimate of drug-likeness (QED) is 0.603. The van der Waals surface area contributed by atoms with Gasteiger partial charge >= 0.3 is 0 Å². The fraction of sp³-hybridized carbons (Fsp3) is 0.364. The number of hydrogen-bond donors (Lipinski definition) is 2. The molecule has 2 N–H and O–H groups in total. The normalized spacial score (nSPS) is 15.9. The minimum absolute atomic E-state index is 0.751. The smallest absolute Gasteiger partial charge is 0.187 e. The number of hydrazine groups is 1. The topological polar surface area (TPSA) is 27.3 Å². The van der Waals surface area contributed by atoms with Gasteiger partial charge in [-0.25, -0.2) is 5.43 Å². The van der Waals surface area contributed by atoms with E-state index in [9.17, 15) is 0 Å². The van der Waals surface area contributed by atoms with Crippen LogP contribution in [-0.4, -0.2) is 23.2 Å². The summed E-state index contributed by atoms with van der Waals surface area (Å²) in [4.78, 5) is 0. The van der Waals surface area contributed by atoms with Crippen LogP contribution in [0.2, 0.25) is 0 Å². The summed E-state index contributed by atoms with van der Waals surface area (Å²) in [5.74, 6) is 0. The Morgan fingerprint density at radius 1 is 1.31 bits per heavy atom. The Morgan fingerprint density at radius 2 is 2.06 bits per heavy atom. The van der Waals surface area contributed by atoms with Crippen molar-refractivity contribution in [2.75, 3.05) is 18.4 Å². The number of halogens is 1. The van der Waals surface area contributed by atoms with Gasteiger partial charge in [0.05, 0.1) is 0 Å². The summed E-state index contributed by atoms with van der Waals surface area (Å²) in [7, 11) is 0. The zero-order valence-electron chi connectivity index (χ0n) is 8.87. The lowest BCUT2D eigenvalue weighted by molar-refractivity contribution is 0.261. The Labute approximate surface area is 115 Å². The molecule has 1 heterocycles. The molecule has 0 radical (unpaired) electrons. The Hall–Kier alpha value is -0.400. The van der Waals surface area contributed by atoms with Crippen LogP contribution in [0.3, 0.4) is 0 Å². The summed E-state index contributed by atoms with van der Waals surface area (Å²) in [6.45, 7) is 1.99. The summed E-state index contributed by atoms with van der Waals surface area (Å²) < 4.78 is 1.23. The Balaban J connectivity index is 1.93.